The summed E-state index contributed by atoms with van der Waals surface area (Å²) in [6.07, 6.45) is 6.05. The SMILES string of the molecule is Cc1nc(Br)ccc1NC(=O)C1CC2CCCCC2N1. The molecule has 1 aliphatic carbocycles. The maximum Gasteiger partial charge on any atom is 0.241 e. The molecular formula is C15H20BrN3O. The van der Waals surface area contributed by atoms with E-state index in [0.717, 1.165) is 22.4 Å². The Morgan fingerprint density at radius 3 is 2.95 bits per heavy atom. The van der Waals surface area contributed by atoms with Crippen molar-refractivity contribution in [2.45, 2.75) is 51.1 Å². The Labute approximate surface area is 127 Å². The molecule has 1 saturated carbocycles. The molecule has 1 aliphatic heterocycles. The van der Waals surface area contributed by atoms with Crippen molar-refractivity contribution in [3.63, 3.8) is 0 Å². The normalized spacial score (nSPS) is 29.0. The van der Waals surface area contributed by atoms with Gasteiger partial charge in [-0.3, -0.25) is 4.79 Å². The van der Waals surface area contributed by atoms with Crippen LogP contribution in [-0.2, 0) is 4.79 Å². The number of fused-ring (bicyclic) bond motifs is 1. The standard InChI is InChI=1S/C15H20BrN3O/c1-9-11(6-7-14(16)17-9)19-15(20)13-8-10-4-2-3-5-12(10)18-13/h6-7,10,12-13,18H,2-5,8H2,1H3,(H,19,20). The van der Waals surface area contributed by atoms with Gasteiger partial charge >= 0.3 is 0 Å². The average molecular weight is 338 g/mol. The first-order valence-electron chi connectivity index (χ1n) is 7.33. The van der Waals surface area contributed by atoms with Gasteiger partial charge in [-0.05, 0) is 60.2 Å². The predicted molar refractivity (Wildman–Crippen MR) is 82.6 cm³/mol. The van der Waals surface area contributed by atoms with E-state index in [1.54, 1.807) is 0 Å². The van der Waals surface area contributed by atoms with Crippen LogP contribution in [0.3, 0.4) is 0 Å². The van der Waals surface area contributed by atoms with Crippen molar-refractivity contribution in [1.82, 2.24) is 10.3 Å². The molecule has 3 unspecified atom stereocenters. The minimum atomic E-state index is -0.0499. The predicted octanol–water partition coefficient (Wildman–Crippen LogP) is 3.01. The summed E-state index contributed by atoms with van der Waals surface area (Å²) in [6.45, 7) is 1.90. The highest BCUT2D eigenvalue weighted by Gasteiger charge is 2.38. The average Bonchev–Trinajstić information content (AvgIpc) is 2.86. The second-order valence-corrected chi connectivity index (χ2v) is 6.67. The fourth-order valence-corrected chi connectivity index (χ4v) is 3.80. The number of anilines is 1. The van der Waals surface area contributed by atoms with Crippen molar-refractivity contribution in [3.8, 4) is 0 Å². The van der Waals surface area contributed by atoms with Gasteiger partial charge in [-0.2, -0.15) is 0 Å². The van der Waals surface area contributed by atoms with Crippen LogP contribution in [0.1, 0.15) is 37.8 Å². The number of carbonyl (C=O) groups excluding carboxylic acids is 1. The fourth-order valence-electron chi connectivity index (χ4n) is 3.40. The lowest BCUT2D eigenvalue weighted by molar-refractivity contribution is -0.117. The molecule has 4 nitrogen and oxygen atoms in total. The zero-order valence-corrected chi connectivity index (χ0v) is 13.2. The van der Waals surface area contributed by atoms with Crippen molar-refractivity contribution >= 4 is 27.5 Å². The highest BCUT2D eigenvalue weighted by Crippen LogP contribution is 2.33. The maximum atomic E-state index is 12.4. The first-order chi connectivity index (χ1) is 9.63. The van der Waals surface area contributed by atoms with Crippen LogP contribution in [-0.4, -0.2) is 23.0 Å². The van der Waals surface area contributed by atoms with Crippen LogP contribution in [0.5, 0.6) is 0 Å². The highest BCUT2D eigenvalue weighted by atomic mass is 79.9. The number of hydrogen-bond acceptors (Lipinski definition) is 3. The summed E-state index contributed by atoms with van der Waals surface area (Å²) in [5.74, 6) is 0.760. The van der Waals surface area contributed by atoms with Gasteiger partial charge in [0.15, 0.2) is 0 Å². The number of amides is 1. The Balaban J connectivity index is 1.65. The third-order valence-corrected chi connectivity index (χ3v) is 4.93. The van der Waals surface area contributed by atoms with Crippen molar-refractivity contribution < 1.29 is 4.79 Å². The van der Waals surface area contributed by atoms with Gasteiger partial charge in [0.1, 0.15) is 4.60 Å². The number of nitrogens with one attached hydrogen (secondary N) is 2. The first-order valence-corrected chi connectivity index (χ1v) is 8.13. The van der Waals surface area contributed by atoms with E-state index >= 15 is 0 Å². The smallest absolute Gasteiger partial charge is 0.241 e. The van der Waals surface area contributed by atoms with Crippen LogP contribution in [0.25, 0.3) is 0 Å². The van der Waals surface area contributed by atoms with Crippen molar-refractivity contribution in [2.24, 2.45) is 5.92 Å². The van der Waals surface area contributed by atoms with Gasteiger partial charge in [0.05, 0.1) is 17.4 Å². The third kappa shape index (κ3) is 2.88. The van der Waals surface area contributed by atoms with Gasteiger partial charge in [-0.1, -0.05) is 12.8 Å². The van der Waals surface area contributed by atoms with E-state index in [0.29, 0.717) is 12.0 Å². The topological polar surface area (TPSA) is 54.0 Å². The Hall–Kier alpha value is -0.940. The maximum absolute atomic E-state index is 12.4. The molecule has 2 heterocycles. The molecule has 2 fully saturated rings. The molecule has 0 radical (unpaired) electrons. The molecule has 1 saturated heterocycles. The molecule has 0 aromatic carbocycles. The number of halogens is 1. The molecule has 2 aliphatic rings. The minimum absolute atomic E-state index is 0.0499. The van der Waals surface area contributed by atoms with Gasteiger partial charge < -0.3 is 10.6 Å². The van der Waals surface area contributed by atoms with Crippen LogP contribution >= 0.6 is 15.9 Å². The second-order valence-electron chi connectivity index (χ2n) is 5.86. The number of aryl methyl sites for hydroxylation is 1. The Morgan fingerprint density at radius 1 is 1.40 bits per heavy atom. The Morgan fingerprint density at radius 2 is 2.20 bits per heavy atom. The van der Waals surface area contributed by atoms with Crippen LogP contribution in [0.4, 0.5) is 5.69 Å². The quantitative estimate of drug-likeness (QED) is 0.815. The number of rotatable bonds is 2. The Bertz CT molecular complexity index is 506. The van der Waals surface area contributed by atoms with Crippen LogP contribution in [0.15, 0.2) is 16.7 Å². The lowest BCUT2D eigenvalue weighted by Crippen LogP contribution is -2.40. The molecular weight excluding hydrogens is 318 g/mol. The summed E-state index contributed by atoms with van der Waals surface area (Å²) in [5.41, 5.74) is 1.64. The zero-order valence-electron chi connectivity index (χ0n) is 11.7. The van der Waals surface area contributed by atoms with Crippen LogP contribution in [0.2, 0.25) is 0 Å². The second kappa shape index (κ2) is 5.82. The van der Waals surface area contributed by atoms with Crippen LogP contribution in [0, 0.1) is 12.8 Å². The van der Waals surface area contributed by atoms with E-state index in [2.05, 4.69) is 31.5 Å². The number of aromatic nitrogens is 1. The summed E-state index contributed by atoms with van der Waals surface area (Å²) in [7, 11) is 0. The van der Waals surface area contributed by atoms with Gasteiger partial charge in [0, 0.05) is 6.04 Å². The fraction of sp³-hybridized carbons (Fsp3) is 0.600. The molecule has 5 heteroatoms. The van der Waals surface area contributed by atoms with Crippen molar-refractivity contribution in [3.05, 3.63) is 22.4 Å². The minimum Gasteiger partial charge on any atom is -0.323 e. The zero-order chi connectivity index (χ0) is 14.1. The molecule has 3 rings (SSSR count). The largest absolute Gasteiger partial charge is 0.323 e. The lowest BCUT2D eigenvalue weighted by atomic mass is 9.85. The molecule has 20 heavy (non-hydrogen) atoms. The van der Waals surface area contributed by atoms with E-state index in [-0.39, 0.29) is 11.9 Å². The number of nitrogens with zero attached hydrogens (tertiary/aromatic N) is 1. The van der Waals surface area contributed by atoms with E-state index < -0.39 is 0 Å². The van der Waals surface area contributed by atoms with Crippen LogP contribution < -0.4 is 10.6 Å². The molecule has 1 aromatic rings. The molecule has 2 N–H and O–H groups in total. The number of hydrogen-bond donors (Lipinski definition) is 2. The molecule has 0 spiro atoms. The van der Waals surface area contributed by atoms with E-state index in [1.165, 1.54) is 25.7 Å². The molecule has 108 valence electrons. The molecule has 3 atom stereocenters. The summed E-state index contributed by atoms with van der Waals surface area (Å²) in [4.78, 5) is 16.7. The monoisotopic (exact) mass is 337 g/mol. The van der Waals surface area contributed by atoms with E-state index in [9.17, 15) is 4.79 Å². The van der Waals surface area contributed by atoms with Crippen molar-refractivity contribution in [1.29, 1.82) is 0 Å². The number of pyridine rings is 1. The van der Waals surface area contributed by atoms with Gasteiger partial charge in [-0.15, -0.1) is 0 Å². The summed E-state index contributed by atoms with van der Waals surface area (Å²) in [5, 5.41) is 6.51. The molecule has 1 amide bonds. The van der Waals surface area contributed by atoms with Gasteiger partial charge in [-0.25, -0.2) is 4.98 Å². The highest BCUT2D eigenvalue weighted by molar-refractivity contribution is 9.10. The summed E-state index contributed by atoms with van der Waals surface area (Å²) in [6, 6.07) is 4.24. The van der Waals surface area contributed by atoms with Gasteiger partial charge in [0.2, 0.25) is 5.91 Å². The summed E-state index contributed by atoms with van der Waals surface area (Å²) >= 11 is 3.33. The third-order valence-electron chi connectivity index (χ3n) is 4.49. The van der Waals surface area contributed by atoms with Gasteiger partial charge in [0.25, 0.3) is 0 Å². The Kier molecular flexibility index (Phi) is 4.08. The lowest BCUT2D eigenvalue weighted by Gasteiger charge is -2.24. The number of carbonyl (C=O) groups is 1. The molecule has 0 bridgehead atoms. The van der Waals surface area contributed by atoms with E-state index in [1.807, 2.05) is 19.1 Å². The first kappa shape index (κ1) is 14.0. The summed E-state index contributed by atoms with van der Waals surface area (Å²) < 4.78 is 0.790. The molecule has 1 aromatic heterocycles. The van der Waals surface area contributed by atoms with Crippen molar-refractivity contribution in [2.75, 3.05) is 5.32 Å². The van der Waals surface area contributed by atoms with E-state index in [4.69, 9.17) is 0 Å².